The topological polar surface area (TPSA) is 79.3 Å². The number of aliphatic hydroxyl groups excluding tert-OH is 1. The van der Waals surface area contributed by atoms with Crippen LogP contribution in [0.5, 0.6) is 5.75 Å². The normalized spacial score (nSPS) is 23.1. The summed E-state index contributed by atoms with van der Waals surface area (Å²) in [5, 5.41) is 11.1. The molecule has 0 radical (unpaired) electrons. The first-order valence-electron chi connectivity index (χ1n) is 14.8. The lowest BCUT2D eigenvalue weighted by Gasteiger charge is -2.37. The maximum absolute atomic E-state index is 14.3. The second-order valence-electron chi connectivity index (χ2n) is 12.4. The Bertz CT molecular complexity index is 1500. The van der Waals surface area contributed by atoms with Crippen LogP contribution in [0.15, 0.2) is 71.2 Å². The number of nitrogens with zero attached hydrogens (tertiary/aromatic N) is 2. The van der Waals surface area contributed by atoms with Crippen LogP contribution in [0.2, 0.25) is 18.6 Å². The Labute approximate surface area is 263 Å². The summed E-state index contributed by atoms with van der Waals surface area (Å²) in [5.74, 6) is 0.396. The number of rotatable bonds is 9. The van der Waals surface area contributed by atoms with Crippen molar-refractivity contribution in [3.8, 4) is 5.75 Å². The third-order valence-electron chi connectivity index (χ3n) is 9.47. The van der Waals surface area contributed by atoms with E-state index in [1.54, 1.807) is 24.0 Å². The number of benzene rings is 3. The number of methoxy groups -OCH3 is 1. The van der Waals surface area contributed by atoms with Crippen molar-refractivity contribution in [1.29, 1.82) is 0 Å². The smallest absolute Gasteiger partial charge is 0.264 e. The van der Waals surface area contributed by atoms with Gasteiger partial charge in [-0.3, -0.25) is 9.59 Å². The van der Waals surface area contributed by atoms with Crippen molar-refractivity contribution in [3.05, 3.63) is 87.9 Å². The zero-order valence-corrected chi connectivity index (χ0v) is 28.3. The van der Waals surface area contributed by atoms with Crippen LogP contribution in [0, 0.1) is 12.8 Å². The van der Waals surface area contributed by atoms with E-state index in [9.17, 15) is 14.7 Å². The van der Waals surface area contributed by atoms with E-state index in [0.717, 1.165) is 32.6 Å². The maximum atomic E-state index is 14.3. The lowest BCUT2D eigenvalue weighted by Crippen LogP contribution is -2.52. The molecule has 2 amide bonds. The predicted octanol–water partition coefficient (Wildman–Crippen LogP) is 5.37. The first-order chi connectivity index (χ1) is 20.4. The summed E-state index contributed by atoms with van der Waals surface area (Å²) in [4.78, 5) is 31.7. The molecule has 9 heteroatoms. The molecule has 7 nitrogen and oxygen atoms in total. The zero-order chi connectivity index (χ0) is 31.1. The van der Waals surface area contributed by atoms with Gasteiger partial charge in [0.1, 0.15) is 5.75 Å². The molecule has 2 aliphatic heterocycles. The van der Waals surface area contributed by atoms with Crippen LogP contribution in [-0.2, 0) is 26.5 Å². The Kier molecular flexibility index (Phi) is 8.91. The Balaban J connectivity index is 1.58. The molecule has 1 saturated heterocycles. The summed E-state index contributed by atoms with van der Waals surface area (Å²) in [6.45, 7) is 9.24. The summed E-state index contributed by atoms with van der Waals surface area (Å²) in [6, 6.07) is 22.1. The molecule has 1 spiro atoms. The highest BCUT2D eigenvalue weighted by Gasteiger charge is 2.66. The van der Waals surface area contributed by atoms with E-state index in [2.05, 4.69) is 54.1 Å². The van der Waals surface area contributed by atoms with Crippen LogP contribution in [0.4, 0.5) is 5.69 Å². The van der Waals surface area contributed by atoms with Gasteiger partial charge in [-0.15, -0.1) is 0 Å². The molecule has 5 rings (SSSR count). The molecule has 1 fully saturated rings. The third-order valence-corrected chi connectivity index (χ3v) is 14.4. The molecule has 2 aliphatic rings. The highest BCUT2D eigenvalue weighted by atomic mass is 79.9. The van der Waals surface area contributed by atoms with Crippen molar-refractivity contribution >= 4 is 46.7 Å². The van der Waals surface area contributed by atoms with Crippen molar-refractivity contribution in [3.63, 3.8) is 0 Å². The molecule has 0 bridgehead atoms. The Morgan fingerprint density at radius 3 is 2.44 bits per heavy atom. The quantitative estimate of drug-likeness (QED) is 0.311. The molecule has 4 atom stereocenters. The van der Waals surface area contributed by atoms with Crippen LogP contribution < -0.4 is 14.8 Å². The number of amides is 2. The summed E-state index contributed by atoms with van der Waals surface area (Å²) in [6.07, 6.45) is -0.374. The van der Waals surface area contributed by atoms with Crippen molar-refractivity contribution in [2.75, 3.05) is 32.2 Å². The number of hydrogen-bond donors (Lipinski definition) is 1. The number of likely N-dealkylation sites (N-methyl/N-ethyl adjacent to an activating group) is 1. The molecule has 0 aromatic heterocycles. The van der Waals surface area contributed by atoms with E-state index in [1.807, 2.05) is 55.5 Å². The molecule has 0 unspecified atom stereocenters. The van der Waals surface area contributed by atoms with Gasteiger partial charge in [0.2, 0.25) is 5.91 Å². The van der Waals surface area contributed by atoms with Gasteiger partial charge in [-0.1, -0.05) is 73.7 Å². The number of carbonyl (C=O) groups is 2. The highest BCUT2D eigenvalue weighted by molar-refractivity contribution is 9.10. The molecular formula is C34H41BrN2O5Si. The molecule has 2 heterocycles. The molecule has 3 aromatic rings. The summed E-state index contributed by atoms with van der Waals surface area (Å²) in [5.41, 5.74) is 2.45. The summed E-state index contributed by atoms with van der Waals surface area (Å²) >= 11 is 3.71. The molecule has 0 saturated carbocycles. The molecule has 228 valence electrons. The second kappa shape index (κ2) is 12.2. The highest BCUT2D eigenvalue weighted by Crippen LogP contribution is 2.60. The number of aliphatic hydroxyl groups is 1. The van der Waals surface area contributed by atoms with E-state index in [4.69, 9.17) is 9.47 Å². The Hall–Kier alpha value is -2.98. The Morgan fingerprint density at radius 1 is 1.14 bits per heavy atom. The van der Waals surface area contributed by atoms with E-state index in [1.165, 1.54) is 5.19 Å². The van der Waals surface area contributed by atoms with Crippen LogP contribution >= 0.6 is 15.9 Å². The standard InChI is InChI=1S/C34H41BrN2O5Si/c1-22-18-27-31(28(35)19-22)36(3)33(40)34(27)23(2)32(43(5,6)26-14-12-25(41-4)13-15-26)29(42-34)20-30(39)37(16-17-38)21-24-10-8-7-9-11-24/h7-15,18-19,23,29,32,38H,16-17,20-21H2,1-6H3/t23-,29+,32-,34+/m1/s1. The van der Waals surface area contributed by atoms with Crippen LogP contribution in [0.3, 0.4) is 0 Å². The molecule has 1 N–H and O–H groups in total. The van der Waals surface area contributed by atoms with Gasteiger partial charge in [0.05, 0.1) is 40.0 Å². The number of ether oxygens (including phenoxy) is 2. The number of anilines is 1. The van der Waals surface area contributed by atoms with Gasteiger partial charge in [-0.05, 0) is 57.7 Å². The van der Waals surface area contributed by atoms with Crippen molar-refractivity contribution in [2.45, 2.75) is 57.2 Å². The lowest BCUT2D eigenvalue weighted by molar-refractivity contribution is -0.149. The van der Waals surface area contributed by atoms with Gasteiger partial charge in [0.15, 0.2) is 5.60 Å². The first-order valence-corrected chi connectivity index (χ1v) is 18.7. The number of carbonyl (C=O) groups excluding carboxylic acids is 2. The Morgan fingerprint density at radius 2 is 1.81 bits per heavy atom. The van der Waals surface area contributed by atoms with Crippen molar-refractivity contribution in [1.82, 2.24) is 4.90 Å². The minimum Gasteiger partial charge on any atom is -0.497 e. The van der Waals surface area contributed by atoms with Gasteiger partial charge < -0.3 is 24.4 Å². The van der Waals surface area contributed by atoms with Gasteiger partial charge in [-0.25, -0.2) is 0 Å². The van der Waals surface area contributed by atoms with Gasteiger partial charge in [0, 0.05) is 36.1 Å². The molecule has 0 aliphatic carbocycles. The van der Waals surface area contributed by atoms with E-state index in [0.29, 0.717) is 6.54 Å². The van der Waals surface area contributed by atoms with Crippen LogP contribution in [0.1, 0.15) is 30.0 Å². The van der Waals surface area contributed by atoms with Crippen molar-refractivity contribution < 1.29 is 24.2 Å². The fourth-order valence-electron chi connectivity index (χ4n) is 7.36. The number of aryl methyl sites for hydroxylation is 1. The van der Waals surface area contributed by atoms with Gasteiger partial charge in [-0.2, -0.15) is 0 Å². The number of hydrogen-bond acceptors (Lipinski definition) is 5. The first kappa shape index (κ1) is 31.4. The van der Waals surface area contributed by atoms with Gasteiger partial charge >= 0.3 is 0 Å². The maximum Gasteiger partial charge on any atom is 0.264 e. The third kappa shape index (κ3) is 5.45. The molecule has 3 aromatic carbocycles. The van der Waals surface area contributed by atoms with E-state index in [-0.39, 0.29) is 42.8 Å². The average Bonchev–Trinajstić information content (AvgIpc) is 3.39. The summed E-state index contributed by atoms with van der Waals surface area (Å²) < 4.78 is 13.3. The summed E-state index contributed by atoms with van der Waals surface area (Å²) in [7, 11) is 1.08. The van der Waals surface area contributed by atoms with Gasteiger partial charge in [0.25, 0.3) is 5.91 Å². The number of halogens is 1. The fourth-order valence-corrected chi connectivity index (χ4v) is 12.2. The molecule has 43 heavy (non-hydrogen) atoms. The lowest BCUT2D eigenvalue weighted by atomic mass is 9.82. The molecular weight excluding hydrogens is 624 g/mol. The largest absolute Gasteiger partial charge is 0.497 e. The SMILES string of the molecule is COc1ccc([Si](C)(C)[C@H]2[C@H](CC(=O)N(CCO)Cc3ccccc3)O[C@@]3(C(=O)N(C)c4c(Br)cc(C)cc43)[C@@H]2C)cc1. The van der Waals surface area contributed by atoms with E-state index >= 15 is 0 Å². The minimum absolute atomic E-state index is 0.0554. The predicted molar refractivity (Wildman–Crippen MR) is 175 cm³/mol. The number of fused-ring (bicyclic) bond motifs is 2. The van der Waals surface area contributed by atoms with Crippen molar-refractivity contribution in [2.24, 2.45) is 5.92 Å². The van der Waals surface area contributed by atoms with E-state index < -0.39 is 19.8 Å². The fraction of sp³-hybridized carbons (Fsp3) is 0.412. The minimum atomic E-state index is -2.38. The monoisotopic (exact) mass is 664 g/mol. The zero-order valence-electron chi connectivity index (χ0n) is 25.8. The van der Waals surface area contributed by atoms with Crippen LogP contribution in [-0.4, -0.2) is 63.3 Å². The average molecular weight is 666 g/mol. The van der Waals surface area contributed by atoms with Crippen LogP contribution in [0.25, 0.3) is 0 Å². The second-order valence-corrected chi connectivity index (χ2v) is 17.9.